The van der Waals surface area contributed by atoms with Gasteiger partial charge in [0.2, 0.25) is 0 Å². The normalized spacial score (nSPS) is 47.8. The van der Waals surface area contributed by atoms with Crippen LogP contribution in [0.5, 0.6) is 0 Å². The second kappa shape index (κ2) is 3.93. The summed E-state index contributed by atoms with van der Waals surface area (Å²) >= 11 is 0. The minimum Gasteiger partial charge on any atom is -0.478 e. The topological polar surface area (TPSA) is 55.8 Å². The fourth-order valence-corrected chi connectivity index (χ4v) is 3.67. The van der Waals surface area contributed by atoms with Crippen LogP contribution in [-0.4, -0.2) is 28.6 Å². The van der Waals surface area contributed by atoms with Crippen molar-refractivity contribution in [1.29, 1.82) is 0 Å². The number of hydrogen-bond acceptors (Lipinski definition) is 3. The number of rotatable bonds is 2. The van der Waals surface area contributed by atoms with Crippen LogP contribution in [-0.2, 0) is 14.3 Å². The number of carbonyl (C=O) groups is 1. The van der Waals surface area contributed by atoms with E-state index in [0.717, 1.165) is 12.8 Å². The highest BCUT2D eigenvalue weighted by Crippen LogP contribution is 2.53. The molecule has 0 aromatic heterocycles. The van der Waals surface area contributed by atoms with Gasteiger partial charge >= 0.3 is 5.97 Å². The van der Waals surface area contributed by atoms with E-state index >= 15 is 0 Å². The predicted octanol–water partition coefficient (Wildman–Crippen LogP) is 2.50. The van der Waals surface area contributed by atoms with Gasteiger partial charge in [-0.05, 0) is 50.2 Å². The van der Waals surface area contributed by atoms with Crippen LogP contribution in [0.3, 0.4) is 0 Å². The molecule has 1 N–H and O–H groups in total. The molecule has 1 spiro atoms. The van der Waals surface area contributed by atoms with Gasteiger partial charge in [0.25, 0.3) is 0 Å². The molecule has 0 radical (unpaired) electrons. The number of ether oxygens (including phenoxy) is 2. The van der Waals surface area contributed by atoms with E-state index in [2.05, 4.69) is 19.6 Å². The summed E-state index contributed by atoms with van der Waals surface area (Å²) < 4.78 is 12.1. The molecule has 0 unspecified atom stereocenters. The van der Waals surface area contributed by atoms with Gasteiger partial charge in [-0.2, -0.15) is 0 Å². The maximum atomic E-state index is 11.1. The second-order valence-electron chi connectivity index (χ2n) is 6.15. The average molecular weight is 264 g/mol. The van der Waals surface area contributed by atoms with Crippen molar-refractivity contribution >= 4 is 5.97 Å². The number of hydrogen-bond donors (Lipinski definition) is 1. The highest BCUT2D eigenvalue weighted by molar-refractivity contribution is 5.86. The van der Waals surface area contributed by atoms with Crippen molar-refractivity contribution in [3.05, 3.63) is 24.3 Å². The third-order valence-electron chi connectivity index (χ3n) is 4.89. The molecular formula is C15H20O4. The molecule has 5 atom stereocenters. The number of carboxylic acid groups (broad SMARTS) is 1. The van der Waals surface area contributed by atoms with E-state index in [1.165, 1.54) is 0 Å². The SMILES string of the molecule is C=C(C(=O)O)[C@@H]1CC[C@H](C)[C@]23C=C[C@](C)(O[C@H]2C1)O3. The first-order chi connectivity index (χ1) is 8.86. The van der Waals surface area contributed by atoms with E-state index < -0.39 is 11.8 Å². The highest BCUT2D eigenvalue weighted by Gasteiger charge is 2.60. The van der Waals surface area contributed by atoms with E-state index in [1.807, 2.05) is 13.0 Å². The van der Waals surface area contributed by atoms with E-state index in [4.69, 9.17) is 14.6 Å². The Morgan fingerprint density at radius 3 is 2.79 bits per heavy atom. The Balaban J connectivity index is 1.89. The standard InChI is InChI=1S/C15H20O4/c1-9-4-5-11(10(2)13(16)17)8-12-15(9)7-6-14(3,18-12)19-15/h6-7,9,11-12H,2,4-5,8H2,1,3H3,(H,16,17)/t9-,11+,12-,14+,15+/m0/s1. The molecule has 19 heavy (non-hydrogen) atoms. The van der Waals surface area contributed by atoms with Gasteiger partial charge in [0.05, 0.1) is 6.10 Å². The van der Waals surface area contributed by atoms with Crippen LogP contribution >= 0.6 is 0 Å². The molecule has 1 saturated heterocycles. The lowest BCUT2D eigenvalue weighted by atomic mass is 9.82. The van der Waals surface area contributed by atoms with Crippen LogP contribution in [0.4, 0.5) is 0 Å². The Labute approximate surface area is 113 Å². The zero-order chi connectivity index (χ0) is 13.8. The van der Waals surface area contributed by atoms with Crippen molar-refractivity contribution in [3.63, 3.8) is 0 Å². The van der Waals surface area contributed by atoms with Gasteiger partial charge < -0.3 is 14.6 Å². The summed E-state index contributed by atoms with van der Waals surface area (Å²) in [5.41, 5.74) is -0.0767. The Hall–Kier alpha value is -1.13. The third kappa shape index (κ3) is 1.77. The van der Waals surface area contributed by atoms with Crippen molar-refractivity contribution in [2.45, 2.75) is 50.6 Å². The van der Waals surface area contributed by atoms with Crippen LogP contribution < -0.4 is 0 Å². The van der Waals surface area contributed by atoms with E-state index in [0.29, 0.717) is 17.9 Å². The van der Waals surface area contributed by atoms with E-state index in [1.54, 1.807) is 0 Å². The van der Waals surface area contributed by atoms with Crippen molar-refractivity contribution in [2.24, 2.45) is 11.8 Å². The molecule has 3 aliphatic rings. The van der Waals surface area contributed by atoms with Crippen LogP contribution in [0, 0.1) is 11.8 Å². The van der Waals surface area contributed by atoms with Crippen molar-refractivity contribution in [3.8, 4) is 0 Å². The maximum absolute atomic E-state index is 11.1. The molecule has 0 aromatic rings. The summed E-state index contributed by atoms with van der Waals surface area (Å²) in [5.74, 6) is -1.24. The Kier molecular flexibility index (Phi) is 2.67. The van der Waals surface area contributed by atoms with Crippen LogP contribution in [0.25, 0.3) is 0 Å². The largest absolute Gasteiger partial charge is 0.478 e. The highest BCUT2D eigenvalue weighted by atomic mass is 16.8. The molecule has 0 aromatic carbocycles. The first-order valence-corrected chi connectivity index (χ1v) is 6.87. The molecular weight excluding hydrogens is 244 g/mol. The number of aliphatic carboxylic acids is 1. The Morgan fingerprint density at radius 2 is 2.16 bits per heavy atom. The van der Waals surface area contributed by atoms with Gasteiger partial charge in [0.1, 0.15) is 5.60 Å². The summed E-state index contributed by atoms with van der Waals surface area (Å²) in [5, 5.41) is 9.13. The summed E-state index contributed by atoms with van der Waals surface area (Å²) in [4.78, 5) is 11.1. The van der Waals surface area contributed by atoms with Crippen molar-refractivity contribution in [2.75, 3.05) is 0 Å². The van der Waals surface area contributed by atoms with Gasteiger partial charge in [0, 0.05) is 5.57 Å². The molecule has 3 rings (SSSR count). The smallest absolute Gasteiger partial charge is 0.331 e. The summed E-state index contributed by atoms with van der Waals surface area (Å²) in [6.07, 6.45) is 6.47. The number of fused-ring (bicyclic) bond motifs is 1. The molecule has 4 heteroatoms. The lowest BCUT2D eigenvalue weighted by Crippen LogP contribution is -2.42. The minimum absolute atomic E-state index is 0.0238. The lowest BCUT2D eigenvalue weighted by molar-refractivity contribution is -0.133. The summed E-state index contributed by atoms with van der Waals surface area (Å²) in [6, 6.07) is 0. The zero-order valence-corrected chi connectivity index (χ0v) is 11.4. The zero-order valence-electron chi connectivity index (χ0n) is 11.4. The molecule has 4 nitrogen and oxygen atoms in total. The van der Waals surface area contributed by atoms with Gasteiger partial charge in [-0.25, -0.2) is 4.79 Å². The summed E-state index contributed by atoms with van der Waals surface area (Å²) in [7, 11) is 0. The van der Waals surface area contributed by atoms with E-state index in [9.17, 15) is 4.79 Å². The average Bonchev–Trinajstić information content (AvgIpc) is 2.80. The molecule has 0 amide bonds. The first kappa shape index (κ1) is 12.9. The van der Waals surface area contributed by atoms with Gasteiger partial charge in [-0.3, -0.25) is 0 Å². The molecule has 104 valence electrons. The fraction of sp³-hybridized carbons (Fsp3) is 0.667. The Bertz CT molecular complexity index is 469. The molecule has 1 aliphatic carbocycles. The van der Waals surface area contributed by atoms with Gasteiger partial charge in [-0.15, -0.1) is 0 Å². The van der Waals surface area contributed by atoms with E-state index in [-0.39, 0.29) is 17.6 Å². The van der Waals surface area contributed by atoms with Crippen LogP contribution in [0.1, 0.15) is 33.1 Å². The van der Waals surface area contributed by atoms with Gasteiger partial charge in [0.15, 0.2) is 5.79 Å². The van der Waals surface area contributed by atoms with Crippen LogP contribution in [0.15, 0.2) is 24.3 Å². The predicted molar refractivity (Wildman–Crippen MR) is 69.5 cm³/mol. The van der Waals surface area contributed by atoms with Gasteiger partial charge in [-0.1, -0.05) is 13.5 Å². The molecule has 2 heterocycles. The molecule has 2 aliphatic heterocycles. The third-order valence-corrected chi connectivity index (χ3v) is 4.89. The quantitative estimate of drug-likeness (QED) is 0.615. The van der Waals surface area contributed by atoms with Crippen LogP contribution in [0.2, 0.25) is 0 Å². The maximum Gasteiger partial charge on any atom is 0.331 e. The monoisotopic (exact) mass is 264 g/mol. The fourth-order valence-electron chi connectivity index (χ4n) is 3.67. The number of carboxylic acids is 1. The van der Waals surface area contributed by atoms with Crippen molar-refractivity contribution < 1.29 is 19.4 Å². The van der Waals surface area contributed by atoms with Crippen molar-refractivity contribution in [1.82, 2.24) is 0 Å². The summed E-state index contributed by atoms with van der Waals surface area (Å²) in [6.45, 7) is 7.80. The molecule has 1 saturated carbocycles. The molecule has 2 fully saturated rings. The second-order valence-corrected chi connectivity index (χ2v) is 6.15. The lowest BCUT2D eigenvalue weighted by Gasteiger charge is -2.32. The minimum atomic E-state index is -0.903. The molecule has 2 bridgehead atoms. The first-order valence-electron chi connectivity index (χ1n) is 6.87. The Morgan fingerprint density at radius 1 is 1.42 bits per heavy atom.